The lowest BCUT2D eigenvalue weighted by Crippen LogP contribution is -2.60. The number of aliphatic hydroxyl groups is 5. The van der Waals surface area contributed by atoms with Gasteiger partial charge in [0, 0.05) is 5.92 Å². The van der Waals surface area contributed by atoms with E-state index in [0.29, 0.717) is 5.56 Å². The average Bonchev–Trinajstić information content (AvgIpc) is 2.73. The van der Waals surface area contributed by atoms with E-state index >= 15 is 0 Å². The SMILES string of the molecule is O=C1c2c(O)cccc2[C@@H]([C@H]2OC(CO)[C@H](O)[C@H](O)C2O)c2cc(CO)cc(O)c21. The van der Waals surface area contributed by atoms with E-state index in [1.54, 1.807) is 6.07 Å². The lowest BCUT2D eigenvalue weighted by atomic mass is 9.71. The van der Waals surface area contributed by atoms with E-state index in [0.717, 1.165) is 0 Å². The van der Waals surface area contributed by atoms with Crippen LogP contribution in [0.15, 0.2) is 30.3 Å². The number of ketones is 1. The highest BCUT2D eigenvalue weighted by molar-refractivity contribution is 6.16. The van der Waals surface area contributed by atoms with Crippen LogP contribution in [0.5, 0.6) is 11.5 Å². The smallest absolute Gasteiger partial charge is 0.201 e. The predicted molar refractivity (Wildman–Crippen MR) is 101 cm³/mol. The van der Waals surface area contributed by atoms with E-state index in [4.69, 9.17) is 4.74 Å². The van der Waals surface area contributed by atoms with Gasteiger partial charge >= 0.3 is 0 Å². The highest BCUT2D eigenvalue weighted by Crippen LogP contribution is 2.47. The molecule has 0 bridgehead atoms. The number of benzene rings is 2. The number of hydrogen-bond acceptors (Lipinski definition) is 9. The first kappa shape index (κ1) is 20.7. The fourth-order valence-corrected chi connectivity index (χ4v) is 4.41. The van der Waals surface area contributed by atoms with Gasteiger partial charge in [0.25, 0.3) is 0 Å². The summed E-state index contributed by atoms with van der Waals surface area (Å²) in [6, 6.07) is 7.06. The van der Waals surface area contributed by atoms with Gasteiger partial charge in [0.05, 0.1) is 30.4 Å². The van der Waals surface area contributed by atoms with E-state index in [1.165, 1.54) is 24.3 Å². The molecule has 9 heteroatoms. The second-order valence-electron chi connectivity index (χ2n) is 7.58. The Hall–Kier alpha value is -2.53. The van der Waals surface area contributed by atoms with Gasteiger partial charge < -0.3 is 40.5 Å². The van der Waals surface area contributed by atoms with Crippen molar-refractivity contribution in [3.05, 3.63) is 58.1 Å². The molecule has 30 heavy (non-hydrogen) atoms. The van der Waals surface area contributed by atoms with Crippen LogP contribution in [0.4, 0.5) is 0 Å². The standard InChI is InChI=1S/C21H22O9/c22-6-8-4-10-14(21-20(29)19(28)17(26)13(7-23)30-21)9-2-1-3-11(24)15(9)18(27)16(10)12(25)5-8/h1-5,13-14,17,19-26,28-29H,6-7H2/t13?,14-,17+,19+,20?,21-/m1/s1. The molecule has 160 valence electrons. The van der Waals surface area contributed by atoms with E-state index in [1.807, 2.05) is 0 Å². The van der Waals surface area contributed by atoms with Gasteiger partial charge in [0.1, 0.15) is 35.9 Å². The molecule has 9 nitrogen and oxygen atoms in total. The normalized spacial score (nSPS) is 30.6. The van der Waals surface area contributed by atoms with Crippen LogP contribution in [-0.4, -0.2) is 78.7 Å². The number of fused-ring (bicyclic) bond motifs is 2. The minimum absolute atomic E-state index is 0.0843. The molecule has 4 rings (SSSR count). The van der Waals surface area contributed by atoms with Crippen molar-refractivity contribution in [3.8, 4) is 11.5 Å². The van der Waals surface area contributed by atoms with Gasteiger partial charge in [0.2, 0.25) is 5.78 Å². The monoisotopic (exact) mass is 418 g/mol. The molecule has 0 spiro atoms. The van der Waals surface area contributed by atoms with Gasteiger partial charge in [-0.1, -0.05) is 18.2 Å². The molecule has 2 aliphatic rings. The average molecular weight is 418 g/mol. The minimum Gasteiger partial charge on any atom is -0.507 e. The largest absolute Gasteiger partial charge is 0.507 e. The van der Waals surface area contributed by atoms with Crippen molar-refractivity contribution in [2.45, 2.75) is 43.0 Å². The van der Waals surface area contributed by atoms with Gasteiger partial charge in [-0.15, -0.1) is 0 Å². The maximum absolute atomic E-state index is 13.1. The first-order chi connectivity index (χ1) is 14.3. The second-order valence-corrected chi connectivity index (χ2v) is 7.58. The number of phenolic OH excluding ortho intramolecular Hbond substituents is 2. The summed E-state index contributed by atoms with van der Waals surface area (Å²) in [6.45, 7) is -1.06. The van der Waals surface area contributed by atoms with Crippen molar-refractivity contribution in [1.82, 2.24) is 0 Å². The van der Waals surface area contributed by atoms with Gasteiger partial charge in [-0.3, -0.25) is 4.79 Å². The highest BCUT2D eigenvalue weighted by Gasteiger charge is 2.50. The second kappa shape index (κ2) is 7.62. The number of rotatable bonds is 3. The summed E-state index contributed by atoms with van der Waals surface area (Å²) in [6.07, 6.45) is -7.22. The molecule has 2 aromatic rings. The van der Waals surface area contributed by atoms with Crippen LogP contribution >= 0.6 is 0 Å². The molecule has 0 saturated carbocycles. The first-order valence-corrected chi connectivity index (χ1v) is 9.43. The van der Waals surface area contributed by atoms with Crippen LogP contribution in [0.3, 0.4) is 0 Å². The summed E-state index contributed by atoms with van der Waals surface area (Å²) in [5.74, 6) is -2.34. The summed E-state index contributed by atoms with van der Waals surface area (Å²) < 4.78 is 5.73. The number of phenols is 2. The van der Waals surface area contributed by atoms with E-state index < -0.39 is 61.2 Å². The van der Waals surface area contributed by atoms with Crippen LogP contribution in [0.25, 0.3) is 0 Å². The molecular weight excluding hydrogens is 396 g/mol. The lowest BCUT2D eigenvalue weighted by molar-refractivity contribution is -0.232. The number of hydrogen-bond donors (Lipinski definition) is 7. The highest BCUT2D eigenvalue weighted by atomic mass is 16.5. The van der Waals surface area contributed by atoms with Crippen LogP contribution < -0.4 is 0 Å². The Morgan fingerprint density at radius 3 is 2.23 bits per heavy atom. The van der Waals surface area contributed by atoms with Crippen LogP contribution in [0.2, 0.25) is 0 Å². The molecule has 2 unspecified atom stereocenters. The van der Waals surface area contributed by atoms with Crippen LogP contribution in [0.1, 0.15) is 38.5 Å². The fourth-order valence-electron chi connectivity index (χ4n) is 4.41. The van der Waals surface area contributed by atoms with Crippen LogP contribution in [0, 0.1) is 0 Å². The third-order valence-electron chi connectivity index (χ3n) is 5.85. The summed E-state index contributed by atoms with van der Waals surface area (Å²) in [7, 11) is 0. The molecule has 1 saturated heterocycles. The Bertz CT molecular complexity index is 987. The maximum Gasteiger partial charge on any atom is 0.201 e. The summed E-state index contributed by atoms with van der Waals surface area (Å²) in [5, 5.41) is 71.0. The molecule has 1 aliphatic heterocycles. The topological polar surface area (TPSA) is 168 Å². The summed E-state index contributed by atoms with van der Waals surface area (Å²) in [4.78, 5) is 13.1. The molecule has 6 atom stereocenters. The summed E-state index contributed by atoms with van der Waals surface area (Å²) >= 11 is 0. The molecule has 1 aliphatic carbocycles. The number of carbonyl (C=O) groups excluding carboxylic acids is 1. The predicted octanol–water partition coefficient (Wildman–Crippen LogP) is -0.891. The zero-order chi connectivity index (χ0) is 21.7. The van der Waals surface area contributed by atoms with Gasteiger partial charge in [-0.2, -0.15) is 0 Å². The summed E-state index contributed by atoms with van der Waals surface area (Å²) in [5.41, 5.74) is 0.609. The van der Waals surface area contributed by atoms with Crippen molar-refractivity contribution in [2.75, 3.05) is 6.61 Å². The van der Waals surface area contributed by atoms with Crippen molar-refractivity contribution >= 4 is 5.78 Å². The number of aromatic hydroxyl groups is 2. The fraction of sp³-hybridized carbons (Fsp3) is 0.381. The molecule has 7 N–H and O–H groups in total. The quantitative estimate of drug-likeness (QED) is 0.334. The van der Waals surface area contributed by atoms with Gasteiger partial charge in [0.15, 0.2) is 0 Å². The van der Waals surface area contributed by atoms with E-state index in [9.17, 15) is 40.5 Å². The number of carbonyl (C=O) groups is 1. The third-order valence-corrected chi connectivity index (χ3v) is 5.85. The zero-order valence-electron chi connectivity index (χ0n) is 15.7. The first-order valence-electron chi connectivity index (χ1n) is 9.43. The molecular formula is C21H22O9. The van der Waals surface area contributed by atoms with Crippen molar-refractivity contribution in [2.24, 2.45) is 0 Å². The van der Waals surface area contributed by atoms with Gasteiger partial charge in [-0.05, 0) is 28.8 Å². The molecule has 1 fully saturated rings. The lowest BCUT2D eigenvalue weighted by Gasteiger charge is -2.45. The van der Waals surface area contributed by atoms with Crippen molar-refractivity contribution < 1.29 is 45.3 Å². The number of aliphatic hydroxyl groups excluding tert-OH is 5. The Labute approximate surface area is 171 Å². The maximum atomic E-state index is 13.1. The Morgan fingerprint density at radius 2 is 1.57 bits per heavy atom. The van der Waals surface area contributed by atoms with Crippen LogP contribution in [-0.2, 0) is 11.3 Å². The third kappa shape index (κ3) is 2.99. The van der Waals surface area contributed by atoms with Crippen molar-refractivity contribution in [3.63, 3.8) is 0 Å². The number of ether oxygens (including phenoxy) is 1. The minimum atomic E-state index is -1.64. The molecule has 0 radical (unpaired) electrons. The van der Waals surface area contributed by atoms with Gasteiger partial charge in [-0.25, -0.2) is 0 Å². The Balaban J connectivity index is 1.96. The molecule has 0 aromatic heterocycles. The zero-order valence-corrected chi connectivity index (χ0v) is 15.7. The van der Waals surface area contributed by atoms with Crippen molar-refractivity contribution in [1.29, 1.82) is 0 Å². The Morgan fingerprint density at radius 1 is 0.867 bits per heavy atom. The van der Waals surface area contributed by atoms with E-state index in [-0.39, 0.29) is 28.0 Å². The molecule has 2 aromatic carbocycles. The molecule has 1 heterocycles. The van der Waals surface area contributed by atoms with E-state index in [2.05, 4.69) is 0 Å². The Kier molecular flexibility index (Phi) is 5.27. The molecule has 0 amide bonds.